The van der Waals surface area contributed by atoms with Crippen molar-refractivity contribution in [1.82, 2.24) is 5.48 Å². The maximum Gasteiger partial charge on any atom is 0.131 e. The Balaban J connectivity index is 2.36. The van der Waals surface area contributed by atoms with Crippen LogP contribution >= 0.6 is 0 Å². The maximum atomic E-state index is 13.4. The number of hydrogen-bond donors (Lipinski definition) is 1. The molecule has 0 atom stereocenters. The fourth-order valence-electron chi connectivity index (χ4n) is 1.12. The van der Waals surface area contributed by atoms with E-state index < -0.39 is 0 Å². The summed E-state index contributed by atoms with van der Waals surface area (Å²) in [5.74, 6) is 0.184. The highest BCUT2D eigenvalue weighted by atomic mass is 19.1. The van der Waals surface area contributed by atoms with E-state index in [0.717, 1.165) is 0 Å². The first-order valence-electron chi connectivity index (χ1n) is 4.94. The summed E-state index contributed by atoms with van der Waals surface area (Å²) in [5, 5.41) is 0. The fourth-order valence-corrected chi connectivity index (χ4v) is 1.12. The lowest BCUT2D eigenvalue weighted by Gasteiger charge is -2.07. The van der Waals surface area contributed by atoms with Gasteiger partial charge in [0.05, 0.1) is 20.3 Å². The zero-order valence-electron chi connectivity index (χ0n) is 9.46. The van der Waals surface area contributed by atoms with Gasteiger partial charge in [-0.2, -0.15) is 5.48 Å². The van der Waals surface area contributed by atoms with Crippen molar-refractivity contribution in [3.63, 3.8) is 0 Å². The van der Waals surface area contributed by atoms with E-state index in [-0.39, 0.29) is 5.82 Å². The highest BCUT2D eigenvalue weighted by Crippen LogP contribution is 2.15. The Kier molecular flexibility index (Phi) is 5.77. The Morgan fingerprint density at radius 2 is 2.06 bits per heavy atom. The predicted octanol–water partition coefficient (Wildman–Crippen LogP) is 1.50. The number of ether oxygens (including phenoxy) is 2. The molecule has 0 bridgehead atoms. The summed E-state index contributed by atoms with van der Waals surface area (Å²) < 4.78 is 23.1. The fraction of sp³-hybridized carbons (Fsp3) is 0.455. The second kappa shape index (κ2) is 7.16. The van der Waals surface area contributed by atoms with E-state index in [1.165, 1.54) is 13.2 Å². The molecule has 1 rings (SSSR count). The van der Waals surface area contributed by atoms with Gasteiger partial charge in [-0.25, -0.2) is 4.39 Å². The Hall–Kier alpha value is -1.17. The van der Waals surface area contributed by atoms with Crippen LogP contribution in [-0.2, 0) is 16.1 Å². The van der Waals surface area contributed by atoms with Crippen LogP contribution in [0.2, 0.25) is 0 Å². The Morgan fingerprint density at radius 3 is 2.69 bits per heavy atom. The van der Waals surface area contributed by atoms with Gasteiger partial charge in [0.25, 0.3) is 0 Å². The number of rotatable bonds is 7. The van der Waals surface area contributed by atoms with Crippen molar-refractivity contribution in [3.05, 3.63) is 29.6 Å². The van der Waals surface area contributed by atoms with Crippen molar-refractivity contribution in [2.24, 2.45) is 0 Å². The van der Waals surface area contributed by atoms with Crippen LogP contribution in [0.4, 0.5) is 4.39 Å². The SMILES string of the molecule is COCCONCc1ccc(OC)cc1F. The van der Waals surface area contributed by atoms with Crippen LogP contribution in [0.15, 0.2) is 18.2 Å². The van der Waals surface area contributed by atoms with Crippen molar-refractivity contribution in [2.45, 2.75) is 6.54 Å². The number of hydroxylamine groups is 1. The summed E-state index contributed by atoms with van der Waals surface area (Å²) >= 11 is 0. The third-order valence-electron chi connectivity index (χ3n) is 2.01. The normalized spacial score (nSPS) is 10.4. The maximum absolute atomic E-state index is 13.4. The first-order valence-corrected chi connectivity index (χ1v) is 4.94. The molecule has 1 N–H and O–H groups in total. The van der Waals surface area contributed by atoms with Crippen molar-refractivity contribution in [2.75, 3.05) is 27.4 Å². The van der Waals surface area contributed by atoms with Gasteiger partial charge in [-0.1, -0.05) is 6.07 Å². The molecule has 0 heterocycles. The molecule has 0 radical (unpaired) electrons. The first kappa shape index (κ1) is 12.9. The molecule has 0 aliphatic carbocycles. The van der Waals surface area contributed by atoms with Crippen LogP contribution in [0.3, 0.4) is 0 Å². The van der Waals surface area contributed by atoms with E-state index in [0.29, 0.717) is 31.1 Å². The molecule has 0 unspecified atom stereocenters. The molecular weight excluding hydrogens is 213 g/mol. The van der Waals surface area contributed by atoms with Crippen LogP contribution in [0.25, 0.3) is 0 Å². The Bertz CT molecular complexity index is 320. The monoisotopic (exact) mass is 229 g/mol. The van der Waals surface area contributed by atoms with Gasteiger partial charge in [0.2, 0.25) is 0 Å². The molecule has 4 nitrogen and oxygen atoms in total. The summed E-state index contributed by atoms with van der Waals surface area (Å²) in [4.78, 5) is 5.02. The van der Waals surface area contributed by atoms with E-state index in [9.17, 15) is 4.39 Å². The molecule has 0 aliphatic heterocycles. The minimum Gasteiger partial charge on any atom is -0.497 e. The number of methoxy groups -OCH3 is 2. The molecule has 1 aromatic rings. The van der Waals surface area contributed by atoms with Crippen molar-refractivity contribution in [3.8, 4) is 5.75 Å². The molecule has 1 aromatic carbocycles. The van der Waals surface area contributed by atoms with Gasteiger partial charge in [0, 0.05) is 25.3 Å². The van der Waals surface area contributed by atoms with Crippen LogP contribution < -0.4 is 10.2 Å². The average molecular weight is 229 g/mol. The van der Waals surface area contributed by atoms with Crippen molar-refractivity contribution >= 4 is 0 Å². The second-order valence-electron chi connectivity index (χ2n) is 3.12. The summed E-state index contributed by atoms with van der Waals surface area (Å²) in [5.41, 5.74) is 3.18. The number of hydrogen-bond acceptors (Lipinski definition) is 4. The van der Waals surface area contributed by atoms with Crippen LogP contribution in [0.5, 0.6) is 5.75 Å². The van der Waals surface area contributed by atoms with Crippen LogP contribution in [-0.4, -0.2) is 27.4 Å². The number of halogens is 1. The van der Waals surface area contributed by atoms with Gasteiger partial charge < -0.3 is 9.47 Å². The zero-order chi connectivity index (χ0) is 11.8. The van der Waals surface area contributed by atoms with Crippen molar-refractivity contribution < 1.29 is 18.7 Å². The standard InChI is InChI=1S/C11H16FNO3/c1-14-5-6-16-13-8-9-3-4-10(15-2)7-11(9)12/h3-4,7,13H,5-6,8H2,1-2H3. The van der Waals surface area contributed by atoms with Gasteiger partial charge in [-0.05, 0) is 6.07 Å². The first-order chi connectivity index (χ1) is 7.77. The topological polar surface area (TPSA) is 39.7 Å². The molecule has 0 saturated carbocycles. The molecule has 90 valence electrons. The molecule has 0 aliphatic rings. The van der Waals surface area contributed by atoms with Gasteiger partial charge in [-0.3, -0.25) is 4.84 Å². The lowest BCUT2D eigenvalue weighted by Crippen LogP contribution is -2.17. The highest BCUT2D eigenvalue weighted by molar-refractivity contribution is 5.28. The summed E-state index contributed by atoms with van der Waals surface area (Å²) in [6, 6.07) is 4.70. The predicted molar refractivity (Wildman–Crippen MR) is 57.6 cm³/mol. The average Bonchev–Trinajstić information content (AvgIpc) is 2.30. The second-order valence-corrected chi connectivity index (χ2v) is 3.12. The summed E-state index contributed by atoms with van der Waals surface area (Å²) in [6.07, 6.45) is 0. The molecule has 0 amide bonds. The number of nitrogens with one attached hydrogen (secondary N) is 1. The molecule has 0 fully saturated rings. The summed E-state index contributed by atoms with van der Waals surface area (Å²) in [7, 11) is 3.09. The minimum absolute atomic E-state index is 0.305. The quantitative estimate of drug-likeness (QED) is 0.568. The zero-order valence-corrected chi connectivity index (χ0v) is 9.46. The highest BCUT2D eigenvalue weighted by Gasteiger charge is 2.03. The van der Waals surface area contributed by atoms with E-state index >= 15 is 0 Å². The van der Waals surface area contributed by atoms with E-state index in [2.05, 4.69) is 5.48 Å². The summed E-state index contributed by atoms with van der Waals surface area (Å²) in [6.45, 7) is 1.23. The largest absolute Gasteiger partial charge is 0.497 e. The van der Waals surface area contributed by atoms with E-state index in [1.807, 2.05) is 0 Å². The smallest absolute Gasteiger partial charge is 0.131 e. The third kappa shape index (κ3) is 4.14. The number of benzene rings is 1. The lowest BCUT2D eigenvalue weighted by atomic mass is 10.2. The van der Waals surface area contributed by atoms with Crippen molar-refractivity contribution in [1.29, 1.82) is 0 Å². The molecular formula is C11H16FNO3. The van der Waals surface area contributed by atoms with Crippen LogP contribution in [0, 0.1) is 5.82 Å². The van der Waals surface area contributed by atoms with Crippen LogP contribution in [0.1, 0.15) is 5.56 Å². The molecule has 5 heteroatoms. The van der Waals surface area contributed by atoms with Gasteiger partial charge in [0.15, 0.2) is 0 Å². The third-order valence-corrected chi connectivity index (χ3v) is 2.01. The molecule has 0 aromatic heterocycles. The van der Waals surface area contributed by atoms with Gasteiger partial charge >= 0.3 is 0 Å². The van der Waals surface area contributed by atoms with E-state index in [4.69, 9.17) is 14.3 Å². The molecule has 16 heavy (non-hydrogen) atoms. The van der Waals surface area contributed by atoms with Gasteiger partial charge in [-0.15, -0.1) is 0 Å². The molecule has 0 saturated heterocycles. The van der Waals surface area contributed by atoms with E-state index in [1.54, 1.807) is 19.2 Å². The van der Waals surface area contributed by atoms with Gasteiger partial charge in [0.1, 0.15) is 11.6 Å². The Morgan fingerprint density at radius 1 is 1.25 bits per heavy atom. The molecule has 0 spiro atoms. The lowest BCUT2D eigenvalue weighted by molar-refractivity contribution is 0.00307. The Labute approximate surface area is 94.3 Å². The minimum atomic E-state index is -0.317.